The molecule has 8 heteroatoms. The molecule has 2 N–H and O–H groups in total. The first kappa shape index (κ1) is 18.4. The van der Waals surface area contributed by atoms with Crippen LogP contribution in [0.1, 0.15) is 43.0 Å². The summed E-state index contributed by atoms with van der Waals surface area (Å²) in [5, 5.41) is 11.2. The Balaban J connectivity index is 2.22. The van der Waals surface area contributed by atoms with Gasteiger partial charge < -0.3 is 10.4 Å². The topological polar surface area (TPSA) is 104 Å². The van der Waals surface area contributed by atoms with Crippen LogP contribution >= 0.6 is 0 Å². The van der Waals surface area contributed by atoms with Gasteiger partial charge >= 0.3 is 5.97 Å². The van der Waals surface area contributed by atoms with Crippen LogP contribution < -0.4 is 5.32 Å². The molecule has 0 saturated carbocycles. The summed E-state index contributed by atoms with van der Waals surface area (Å²) in [5.74, 6) is -1.77. The number of carbonyl (C=O) groups excluding carboxylic acids is 1. The number of hydrogen-bond donors (Lipinski definition) is 2. The lowest BCUT2D eigenvalue weighted by molar-refractivity contribution is -0.138. The quantitative estimate of drug-likeness (QED) is 0.833. The number of carboxylic acids is 1. The minimum Gasteiger partial charge on any atom is -0.480 e. The maximum absolute atomic E-state index is 12.7. The van der Waals surface area contributed by atoms with E-state index in [2.05, 4.69) is 5.32 Å². The number of carbonyl (C=O) groups is 2. The van der Waals surface area contributed by atoms with Crippen LogP contribution in [0.5, 0.6) is 0 Å². The van der Waals surface area contributed by atoms with Crippen LogP contribution in [0.15, 0.2) is 29.2 Å². The Morgan fingerprint density at radius 3 is 2.38 bits per heavy atom. The maximum Gasteiger partial charge on any atom is 0.325 e. The maximum atomic E-state index is 12.7. The van der Waals surface area contributed by atoms with Crippen molar-refractivity contribution in [2.45, 2.75) is 43.5 Å². The molecule has 1 amide bonds. The summed E-state index contributed by atoms with van der Waals surface area (Å²) in [6, 6.07) is 4.65. The molecule has 0 spiro atoms. The van der Waals surface area contributed by atoms with Crippen molar-refractivity contribution >= 4 is 21.9 Å². The first-order chi connectivity index (χ1) is 11.3. The van der Waals surface area contributed by atoms with Crippen LogP contribution in [0.2, 0.25) is 0 Å². The van der Waals surface area contributed by atoms with Crippen molar-refractivity contribution in [1.29, 1.82) is 0 Å². The molecule has 1 aliphatic heterocycles. The molecule has 0 unspecified atom stereocenters. The number of benzene rings is 1. The van der Waals surface area contributed by atoms with E-state index in [0.717, 1.165) is 25.7 Å². The third kappa shape index (κ3) is 4.33. The fourth-order valence-corrected chi connectivity index (χ4v) is 4.13. The lowest BCUT2D eigenvalue weighted by Gasteiger charge is -2.20. The fourth-order valence-electron chi connectivity index (χ4n) is 2.57. The predicted octanol–water partition coefficient (Wildman–Crippen LogP) is 1.45. The number of hydrogen-bond acceptors (Lipinski definition) is 4. The number of carboxylic acid groups (broad SMARTS) is 1. The predicted molar refractivity (Wildman–Crippen MR) is 88.2 cm³/mol. The molecule has 1 heterocycles. The zero-order chi connectivity index (χ0) is 17.7. The van der Waals surface area contributed by atoms with Crippen LogP contribution in [-0.2, 0) is 14.8 Å². The largest absolute Gasteiger partial charge is 0.480 e. The SMILES string of the molecule is C[C@H](NC(=O)c1cccc(S(=O)(=O)N2CCCCCC2)c1)C(=O)O. The van der Waals surface area contributed by atoms with Gasteiger partial charge in [-0.15, -0.1) is 0 Å². The average Bonchev–Trinajstić information content (AvgIpc) is 2.84. The lowest BCUT2D eigenvalue weighted by Crippen LogP contribution is -2.38. The van der Waals surface area contributed by atoms with E-state index >= 15 is 0 Å². The van der Waals surface area contributed by atoms with E-state index in [1.807, 2.05) is 0 Å². The minimum atomic E-state index is -3.65. The molecule has 7 nitrogen and oxygen atoms in total. The summed E-state index contributed by atoms with van der Waals surface area (Å²) < 4.78 is 26.9. The first-order valence-corrected chi connectivity index (χ1v) is 9.40. The van der Waals surface area contributed by atoms with E-state index in [1.165, 1.54) is 35.5 Å². The molecule has 1 saturated heterocycles. The number of aliphatic carboxylic acids is 1. The van der Waals surface area contributed by atoms with Gasteiger partial charge in [0.2, 0.25) is 10.0 Å². The first-order valence-electron chi connectivity index (χ1n) is 7.96. The smallest absolute Gasteiger partial charge is 0.325 e. The molecule has 2 rings (SSSR count). The van der Waals surface area contributed by atoms with Crippen molar-refractivity contribution < 1.29 is 23.1 Å². The van der Waals surface area contributed by atoms with Gasteiger partial charge in [0.1, 0.15) is 6.04 Å². The summed E-state index contributed by atoms with van der Waals surface area (Å²) >= 11 is 0. The highest BCUT2D eigenvalue weighted by Crippen LogP contribution is 2.21. The molecule has 1 aromatic carbocycles. The van der Waals surface area contributed by atoms with Crippen molar-refractivity contribution in [3.05, 3.63) is 29.8 Å². The molecular weight excluding hydrogens is 332 g/mol. The van der Waals surface area contributed by atoms with Crippen molar-refractivity contribution in [2.24, 2.45) is 0 Å². The molecule has 1 aliphatic rings. The molecule has 132 valence electrons. The second-order valence-electron chi connectivity index (χ2n) is 5.88. The van der Waals surface area contributed by atoms with E-state index < -0.39 is 27.9 Å². The molecule has 1 aromatic rings. The highest BCUT2D eigenvalue weighted by Gasteiger charge is 2.26. The normalized spacial score (nSPS) is 17.7. The zero-order valence-corrected chi connectivity index (χ0v) is 14.4. The molecule has 0 bridgehead atoms. The van der Waals surface area contributed by atoms with Gasteiger partial charge in [-0.1, -0.05) is 18.9 Å². The highest BCUT2D eigenvalue weighted by atomic mass is 32.2. The Bertz CT molecular complexity index is 709. The van der Waals surface area contributed by atoms with Crippen LogP contribution in [0.3, 0.4) is 0 Å². The Morgan fingerprint density at radius 2 is 1.79 bits per heavy atom. The molecule has 0 aliphatic carbocycles. The standard InChI is InChI=1S/C16H22N2O5S/c1-12(16(20)21)17-15(19)13-7-6-8-14(11-13)24(22,23)18-9-4-2-3-5-10-18/h6-8,11-12H,2-5,9-10H2,1H3,(H,17,19)(H,20,21)/t12-/m0/s1. The summed E-state index contributed by atoms with van der Waals surface area (Å²) in [4.78, 5) is 23.0. The van der Waals surface area contributed by atoms with Crippen LogP contribution in [0.4, 0.5) is 0 Å². The van der Waals surface area contributed by atoms with Crippen LogP contribution in [-0.4, -0.2) is 48.8 Å². The monoisotopic (exact) mass is 354 g/mol. The Morgan fingerprint density at radius 1 is 1.17 bits per heavy atom. The molecule has 1 atom stereocenters. The van der Waals surface area contributed by atoms with E-state index in [1.54, 1.807) is 0 Å². The van der Waals surface area contributed by atoms with Crippen molar-refractivity contribution in [3.63, 3.8) is 0 Å². The highest BCUT2D eigenvalue weighted by molar-refractivity contribution is 7.89. The summed E-state index contributed by atoms with van der Waals surface area (Å²) in [5.41, 5.74) is 0.124. The zero-order valence-electron chi connectivity index (χ0n) is 13.6. The lowest BCUT2D eigenvalue weighted by atomic mass is 10.2. The average molecular weight is 354 g/mol. The van der Waals surface area contributed by atoms with E-state index in [4.69, 9.17) is 5.11 Å². The number of sulfonamides is 1. The number of rotatable bonds is 5. The summed E-state index contributed by atoms with van der Waals surface area (Å²) in [7, 11) is -3.65. The van der Waals surface area contributed by atoms with E-state index in [0.29, 0.717) is 13.1 Å². The molecule has 0 aromatic heterocycles. The van der Waals surface area contributed by atoms with Gasteiger partial charge in [-0.3, -0.25) is 9.59 Å². The number of amides is 1. The second kappa shape index (κ2) is 7.76. The van der Waals surface area contributed by atoms with Gasteiger partial charge in [-0.2, -0.15) is 4.31 Å². The van der Waals surface area contributed by atoms with E-state index in [-0.39, 0.29) is 10.5 Å². The van der Waals surface area contributed by atoms with Crippen molar-refractivity contribution in [3.8, 4) is 0 Å². The van der Waals surface area contributed by atoms with Crippen molar-refractivity contribution in [2.75, 3.05) is 13.1 Å². The van der Waals surface area contributed by atoms with E-state index in [9.17, 15) is 18.0 Å². The summed E-state index contributed by atoms with van der Waals surface area (Å²) in [6.45, 7) is 2.31. The molecular formula is C16H22N2O5S. The number of nitrogens with one attached hydrogen (secondary N) is 1. The summed E-state index contributed by atoms with van der Waals surface area (Å²) in [6.07, 6.45) is 3.69. The third-order valence-electron chi connectivity index (χ3n) is 4.02. The number of nitrogens with zero attached hydrogens (tertiary/aromatic N) is 1. The Kier molecular flexibility index (Phi) is 5.95. The van der Waals surface area contributed by atoms with Gasteiger partial charge in [0.25, 0.3) is 5.91 Å². The molecule has 0 radical (unpaired) electrons. The van der Waals surface area contributed by atoms with Gasteiger partial charge in [-0.05, 0) is 38.0 Å². The Labute approximate surface area is 141 Å². The van der Waals surface area contributed by atoms with Gasteiger partial charge in [0.05, 0.1) is 4.90 Å². The van der Waals surface area contributed by atoms with Gasteiger partial charge in [-0.25, -0.2) is 8.42 Å². The van der Waals surface area contributed by atoms with Crippen LogP contribution in [0, 0.1) is 0 Å². The molecule has 1 fully saturated rings. The third-order valence-corrected chi connectivity index (χ3v) is 5.91. The van der Waals surface area contributed by atoms with Crippen LogP contribution in [0.25, 0.3) is 0 Å². The van der Waals surface area contributed by atoms with Crippen molar-refractivity contribution in [1.82, 2.24) is 9.62 Å². The fraction of sp³-hybridized carbons (Fsp3) is 0.500. The Hall–Kier alpha value is -1.93. The second-order valence-corrected chi connectivity index (χ2v) is 7.82. The minimum absolute atomic E-state index is 0.0556. The van der Waals surface area contributed by atoms with Gasteiger partial charge in [0, 0.05) is 18.7 Å². The van der Waals surface area contributed by atoms with Gasteiger partial charge in [0.15, 0.2) is 0 Å². The molecule has 24 heavy (non-hydrogen) atoms.